The third kappa shape index (κ3) is 2.52. The number of phenols is 1. The summed E-state index contributed by atoms with van der Waals surface area (Å²) in [6, 6.07) is 4.61. The Morgan fingerprint density at radius 1 is 1.44 bits per heavy atom. The highest BCUT2D eigenvalue weighted by atomic mass is 16.7. The van der Waals surface area contributed by atoms with Gasteiger partial charge in [-0.25, -0.2) is 0 Å². The highest BCUT2D eigenvalue weighted by molar-refractivity contribution is 5.79. The molecule has 0 aromatic heterocycles. The van der Waals surface area contributed by atoms with Crippen molar-refractivity contribution in [2.24, 2.45) is 0 Å². The molecule has 1 aliphatic rings. The number of carbonyl (C=O) groups is 1. The first-order valence-electron chi connectivity index (χ1n) is 5.36. The average Bonchev–Trinajstić information content (AvgIpc) is 2.31. The Hall–Kier alpha value is -1.55. The maximum atomic E-state index is 10.5. The fraction of sp³-hybridized carbons (Fsp3) is 0.417. The van der Waals surface area contributed by atoms with Gasteiger partial charge in [0.15, 0.2) is 12.6 Å². The van der Waals surface area contributed by atoms with Crippen molar-refractivity contribution in [3.8, 4) is 11.5 Å². The fourth-order valence-electron chi connectivity index (χ4n) is 1.65. The Labute approximate surface area is 93.8 Å². The molecule has 0 bridgehead atoms. The lowest BCUT2D eigenvalue weighted by atomic mass is 10.2. The Morgan fingerprint density at radius 2 is 2.31 bits per heavy atom. The zero-order valence-corrected chi connectivity index (χ0v) is 8.89. The van der Waals surface area contributed by atoms with Crippen LogP contribution < -0.4 is 4.74 Å². The van der Waals surface area contributed by atoms with Gasteiger partial charge in [-0.2, -0.15) is 0 Å². The number of benzene rings is 1. The molecule has 1 aromatic carbocycles. The molecule has 0 amide bonds. The lowest BCUT2D eigenvalue weighted by molar-refractivity contribution is -0.105. The standard InChI is InChI=1S/C12H14O4/c13-8-9-4-5-10(7-11(9)14)16-12-3-1-2-6-15-12/h4-5,7-8,12,14H,1-3,6H2/t12-/m0/s1. The third-order valence-corrected chi connectivity index (χ3v) is 2.53. The molecule has 16 heavy (non-hydrogen) atoms. The van der Waals surface area contributed by atoms with E-state index in [1.54, 1.807) is 6.07 Å². The van der Waals surface area contributed by atoms with Crippen LogP contribution in [-0.4, -0.2) is 24.3 Å². The molecule has 0 aliphatic carbocycles. The van der Waals surface area contributed by atoms with Crippen LogP contribution in [0.5, 0.6) is 11.5 Å². The molecule has 0 spiro atoms. The topological polar surface area (TPSA) is 55.8 Å². The quantitative estimate of drug-likeness (QED) is 0.796. The highest BCUT2D eigenvalue weighted by Gasteiger charge is 2.15. The number of ether oxygens (including phenoxy) is 2. The van der Waals surface area contributed by atoms with E-state index in [0.717, 1.165) is 19.3 Å². The lowest BCUT2D eigenvalue weighted by Crippen LogP contribution is -2.24. The van der Waals surface area contributed by atoms with Crippen LogP contribution in [-0.2, 0) is 4.74 Å². The number of hydrogen-bond donors (Lipinski definition) is 1. The van der Waals surface area contributed by atoms with E-state index in [9.17, 15) is 9.90 Å². The third-order valence-electron chi connectivity index (χ3n) is 2.53. The summed E-state index contributed by atoms with van der Waals surface area (Å²) in [5, 5.41) is 9.47. The van der Waals surface area contributed by atoms with E-state index in [2.05, 4.69) is 0 Å². The zero-order chi connectivity index (χ0) is 11.4. The van der Waals surface area contributed by atoms with E-state index in [1.807, 2.05) is 0 Å². The van der Waals surface area contributed by atoms with Crippen molar-refractivity contribution < 1.29 is 19.4 Å². The summed E-state index contributed by atoms with van der Waals surface area (Å²) in [5.41, 5.74) is 0.261. The van der Waals surface area contributed by atoms with E-state index in [0.29, 0.717) is 18.6 Å². The van der Waals surface area contributed by atoms with Crippen LogP contribution in [0.2, 0.25) is 0 Å². The number of hydrogen-bond acceptors (Lipinski definition) is 4. The van der Waals surface area contributed by atoms with Crippen LogP contribution in [0.3, 0.4) is 0 Å². The molecule has 1 atom stereocenters. The Morgan fingerprint density at radius 3 is 2.94 bits per heavy atom. The summed E-state index contributed by atoms with van der Waals surface area (Å²) in [6.07, 6.45) is 3.38. The van der Waals surface area contributed by atoms with E-state index in [1.165, 1.54) is 12.1 Å². The Kier molecular flexibility index (Phi) is 3.41. The van der Waals surface area contributed by atoms with Crippen LogP contribution in [0, 0.1) is 0 Å². The van der Waals surface area contributed by atoms with Crippen molar-refractivity contribution in [2.45, 2.75) is 25.6 Å². The van der Waals surface area contributed by atoms with Gasteiger partial charge in [0.05, 0.1) is 12.2 Å². The van der Waals surface area contributed by atoms with Crippen molar-refractivity contribution >= 4 is 6.29 Å². The van der Waals surface area contributed by atoms with Crippen molar-refractivity contribution in [2.75, 3.05) is 6.61 Å². The van der Waals surface area contributed by atoms with Crippen LogP contribution >= 0.6 is 0 Å². The summed E-state index contributed by atoms with van der Waals surface area (Å²) < 4.78 is 10.9. The van der Waals surface area contributed by atoms with Gasteiger partial charge >= 0.3 is 0 Å². The maximum Gasteiger partial charge on any atom is 0.199 e. The van der Waals surface area contributed by atoms with Gasteiger partial charge in [-0.1, -0.05) is 0 Å². The van der Waals surface area contributed by atoms with Gasteiger partial charge in [0.2, 0.25) is 0 Å². The van der Waals surface area contributed by atoms with Gasteiger partial charge in [-0.3, -0.25) is 4.79 Å². The molecule has 2 rings (SSSR count). The highest BCUT2D eigenvalue weighted by Crippen LogP contribution is 2.25. The number of phenolic OH excluding ortho intramolecular Hbond substituents is 1. The molecular formula is C12H14O4. The van der Waals surface area contributed by atoms with E-state index in [-0.39, 0.29) is 17.6 Å². The molecule has 1 fully saturated rings. The van der Waals surface area contributed by atoms with Crippen LogP contribution in [0.25, 0.3) is 0 Å². The second kappa shape index (κ2) is 4.99. The normalized spacial score (nSPS) is 20.4. The summed E-state index contributed by atoms with van der Waals surface area (Å²) >= 11 is 0. The SMILES string of the molecule is O=Cc1ccc(O[C@H]2CCCCO2)cc1O. The van der Waals surface area contributed by atoms with Gasteiger partial charge in [0.25, 0.3) is 0 Å². The molecular weight excluding hydrogens is 208 g/mol. The number of aldehydes is 1. The first-order valence-corrected chi connectivity index (χ1v) is 5.36. The fourth-order valence-corrected chi connectivity index (χ4v) is 1.65. The largest absolute Gasteiger partial charge is 0.507 e. The average molecular weight is 222 g/mol. The van der Waals surface area contributed by atoms with Gasteiger partial charge < -0.3 is 14.6 Å². The minimum atomic E-state index is -0.241. The van der Waals surface area contributed by atoms with Crippen molar-refractivity contribution in [3.05, 3.63) is 23.8 Å². The molecule has 1 aliphatic heterocycles. The minimum absolute atomic E-state index is 0.0664. The van der Waals surface area contributed by atoms with Crippen molar-refractivity contribution in [3.63, 3.8) is 0 Å². The molecule has 86 valence electrons. The van der Waals surface area contributed by atoms with Gasteiger partial charge in [0.1, 0.15) is 11.5 Å². The zero-order valence-electron chi connectivity index (χ0n) is 8.89. The smallest absolute Gasteiger partial charge is 0.199 e. The summed E-state index contributed by atoms with van der Waals surface area (Å²) in [7, 11) is 0. The summed E-state index contributed by atoms with van der Waals surface area (Å²) in [6.45, 7) is 0.711. The van der Waals surface area contributed by atoms with E-state index in [4.69, 9.17) is 9.47 Å². The lowest BCUT2D eigenvalue weighted by Gasteiger charge is -2.23. The van der Waals surface area contributed by atoms with Gasteiger partial charge in [0, 0.05) is 12.5 Å². The second-order valence-corrected chi connectivity index (χ2v) is 3.75. The molecule has 0 unspecified atom stereocenters. The van der Waals surface area contributed by atoms with Gasteiger partial charge in [-0.05, 0) is 25.0 Å². The van der Waals surface area contributed by atoms with Gasteiger partial charge in [-0.15, -0.1) is 0 Å². The molecule has 1 aromatic rings. The first kappa shape index (κ1) is 11.0. The minimum Gasteiger partial charge on any atom is -0.507 e. The van der Waals surface area contributed by atoms with E-state index < -0.39 is 0 Å². The van der Waals surface area contributed by atoms with Crippen molar-refractivity contribution in [1.82, 2.24) is 0 Å². The molecule has 0 radical (unpaired) electrons. The number of aromatic hydroxyl groups is 1. The second-order valence-electron chi connectivity index (χ2n) is 3.75. The van der Waals surface area contributed by atoms with Crippen LogP contribution in [0.4, 0.5) is 0 Å². The molecule has 1 saturated heterocycles. The molecule has 4 heteroatoms. The van der Waals surface area contributed by atoms with Crippen LogP contribution in [0.1, 0.15) is 29.6 Å². The Bertz CT molecular complexity index is 369. The monoisotopic (exact) mass is 222 g/mol. The summed E-state index contributed by atoms with van der Waals surface area (Å²) in [5.74, 6) is 0.457. The predicted octanol–water partition coefficient (Wildman–Crippen LogP) is 2.11. The molecule has 4 nitrogen and oxygen atoms in total. The van der Waals surface area contributed by atoms with E-state index >= 15 is 0 Å². The predicted molar refractivity (Wildman–Crippen MR) is 57.7 cm³/mol. The number of rotatable bonds is 3. The number of carbonyl (C=O) groups excluding carboxylic acids is 1. The summed E-state index contributed by atoms with van der Waals surface area (Å²) in [4.78, 5) is 10.5. The van der Waals surface area contributed by atoms with Crippen molar-refractivity contribution in [1.29, 1.82) is 0 Å². The first-order chi connectivity index (χ1) is 7.79. The molecule has 1 heterocycles. The maximum absolute atomic E-state index is 10.5. The van der Waals surface area contributed by atoms with Crippen LogP contribution in [0.15, 0.2) is 18.2 Å². The Balaban J connectivity index is 2.03. The molecule has 0 saturated carbocycles. The molecule has 1 N–H and O–H groups in total.